The molecule has 1 aliphatic rings. The molecule has 1 aromatic heterocycles. The normalized spacial score (nSPS) is 23.1. The van der Waals surface area contributed by atoms with Crippen LogP contribution in [0, 0.1) is 0 Å². The highest BCUT2D eigenvalue weighted by molar-refractivity contribution is 5.88. The zero-order chi connectivity index (χ0) is 32.5. The fourth-order valence-electron chi connectivity index (χ4n) is 4.57. The molecule has 4 rings (SSSR count). The van der Waals surface area contributed by atoms with Crippen LogP contribution in [0.3, 0.4) is 0 Å². The number of esters is 1. The van der Waals surface area contributed by atoms with E-state index in [2.05, 4.69) is 0 Å². The number of phenolic OH excluding ortho intramolecular Hbond substituents is 2. The zero-order valence-electron chi connectivity index (χ0n) is 23.2. The Hall–Kier alpha value is -4.61. The summed E-state index contributed by atoms with van der Waals surface area (Å²) in [6, 6.07) is 5.85. The van der Waals surface area contributed by atoms with Crippen molar-refractivity contribution in [3.8, 4) is 40.1 Å². The Bertz CT molecular complexity index is 1610. The van der Waals surface area contributed by atoms with Gasteiger partial charge in [-0.05, 0) is 25.1 Å². The fourth-order valence-corrected chi connectivity index (χ4v) is 4.57. The first kappa shape index (κ1) is 32.3. The van der Waals surface area contributed by atoms with E-state index in [9.17, 15) is 50.1 Å². The summed E-state index contributed by atoms with van der Waals surface area (Å²) in [5.41, 5.74) is -3.12. The molecule has 0 saturated carbocycles. The number of aromatic hydroxyl groups is 3. The van der Waals surface area contributed by atoms with Crippen LogP contribution in [-0.2, 0) is 19.1 Å². The predicted molar refractivity (Wildman–Crippen MR) is 145 cm³/mol. The lowest BCUT2D eigenvalue weighted by molar-refractivity contribution is -0.278. The van der Waals surface area contributed by atoms with E-state index in [1.54, 1.807) is 0 Å². The third kappa shape index (κ3) is 6.79. The topological polar surface area (TPSA) is 263 Å². The van der Waals surface area contributed by atoms with Gasteiger partial charge in [-0.15, -0.1) is 0 Å². The van der Waals surface area contributed by atoms with Crippen molar-refractivity contribution in [3.05, 3.63) is 40.6 Å². The van der Waals surface area contributed by atoms with E-state index in [1.165, 1.54) is 25.3 Å². The molecular weight excluding hydrogens is 592 g/mol. The maximum atomic E-state index is 13.3. The number of carbonyl (C=O) groups excluding carboxylic acids is 1. The highest BCUT2D eigenvalue weighted by Gasteiger charge is 2.46. The highest BCUT2D eigenvalue weighted by atomic mass is 16.7. The lowest BCUT2D eigenvalue weighted by Gasteiger charge is -2.40. The van der Waals surface area contributed by atoms with Crippen LogP contribution >= 0.6 is 0 Å². The van der Waals surface area contributed by atoms with E-state index in [-0.39, 0.29) is 28.4 Å². The molecule has 16 nitrogen and oxygen atoms in total. The highest BCUT2D eigenvalue weighted by Crippen LogP contribution is 2.39. The lowest BCUT2D eigenvalue weighted by Crippen LogP contribution is -2.60. The van der Waals surface area contributed by atoms with Gasteiger partial charge < -0.3 is 64.2 Å². The number of carboxylic acids is 1. The van der Waals surface area contributed by atoms with Crippen LogP contribution in [0.25, 0.3) is 22.3 Å². The monoisotopic (exact) mass is 622 g/mol. The zero-order valence-corrected chi connectivity index (χ0v) is 23.2. The number of aliphatic hydroxyl groups is 4. The number of carbonyl (C=O) groups is 2. The van der Waals surface area contributed by atoms with Gasteiger partial charge in [-0.2, -0.15) is 0 Å². The molecule has 8 N–H and O–H groups in total. The molecule has 0 aliphatic carbocycles. The van der Waals surface area contributed by atoms with E-state index >= 15 is 0 Å². The van der Waals surface area contributed by atoms with Crippen LogP contribution < -0.4 is 14.9 Å². The van der Waals surface area contributed by atoms with Crippen LogP contribution in [0.5, 0.6) is 28.7 Å². The molecular formula is C28H30O16. The Kier molecular flexibility index (Phi) is 9.22. The van der Waals surface area contributed by atoms with Crippen molar-refractivity contribution < 1.29 is 73.8 Å². The number of rotatable bonds is 10. The number of hydrogen-bond acceptors (Lipinski definition) is 15. The molecule has 0 spiro atoms. The molecule has 238 valence electrons. The summed E-state index contributed by atoms with van der Waals surface area (Å²) in [5.74, 6) is -4.79. The second kappa shape index (κ2) is 12.6. The fraction of sp³-hybridized carbons (Fsp3) is 0.393. The average molecular weight is 623 g/mol. The molecule has 6 atom stereocenters. The van der Waals surface area contributed by atoms with Gasteiger partial charge in [0.05, 0.1) is 25.6 Å². The third-order valence-corrected chi connectivity index (χ3v) is 6.74. The van der Waals surface area contributed by atoms with E-state index in [1.807, 2.05) is 0 Å². The number of ether oxygens (including phenoxy) is 4. The standard InChI is InChI=1S/C28H30O16/c1-28(39,8-18(31)32)9-19(33)41-10-17-21(34)23(36)25(38)27(44-17)43-16-7-12(29)6-15-20(16)22(35)24(37)26(42-15)11-3-4-13(30)14(5-11)40-2/h3-7,17,21,23,25,27,29-30,34,36-39H,8-10H2,1-2H3,(H,31,32)/t17-,21-,23+,25-,27-,28?/m0/s1. The van der Waals surface area contributed by atoms with E-state index < -0.39 is 95.8 Å². The summed E-state index contributed by atoms with van der Waals surface area (Å²) in [5, 5.41) is 80.7. The van der Waals surface area contributed by atoms with Crippen molar-refractivity contribution >= 4 is 22.9 Å². The number of benzene rings is 2. The van der Waals surface area contributed by atoms with Gasteiger partial charge in [0, 0.05) is 17.7 Å². The van der Waals surface area contributed by atoms with E-state index in [4.69, 9.17) is 28.5 Å². The summed E-state index contributed by atoms with van der Waals surface area (Å²) in [7, 11) is 1.29. The molecule has 0 radical (unpaired) electrons. The molecule has 44 heavy (non-hydrogen) atoms. The van der Waals surface area contributed by atoms with Gasteiger partial charge in [-0.1, -0.05) is 0 Å². The summed E-state index contributed by atoms with van der Waals surface area (Å²) >= 11 is 0. The summed E-state index contributed by atoms with van der Waals surface area (Å²) in [6.45, 7) is 0.382. The largest absolute Gasteiger partial charge is 0.508 e. The second-order valence-electron chi connectivity index (χ2n) is 10.4. The first-order valence-corrected chi connectivity index (χ1v) is 13.0. The van der Waals surface area contributed by atoms with Gasteiger partial charge in [-0.3, -0.25) is 14.4 Å². The quantitative estimate of drug-likeness (QED) is 0.138. The number of aliphatic carboxylic acids is 1. The number of hydrogen-bond donors (Lipinski definition) is 8. The van der Waals surface area contributed by atoms with Crippen LogP contribution in [0.15, 0.2) is 39.5 Å². The minimum absolute atomic E-state index is 0.0135. The second-order valence-corrected chi connectivity index (χ2v) is 10.4. The van der Waals surface area contributed by atoms with Crippen molar-refractivity contribution in [2.24, 2.45) is 0 Å². The van der Waals surface area contributed by atoms with Crippen molar-refractivity contribution in [3.63, 3.8) is 0 Å². The van der Waals surface area contributed by atoms with Crippen molar-refractivity contribution in [1.29, 1.82) is 0 Å². The minimum atomic E-state index is -1.94. The average Bonchev–Trinajstić information content (AvgIpc) is 2.93. The predicted octanol–water partition coefficient (Wildman–Crippen LogP) is -0.0692. The molecule has 3 aromatic rings. The minimum Gasteiger partial charge on any atom is -0.508 e. The van der Waals surface area contributed by atoms with Crippen LogP contribution in [0.2, 0.25) is 0 Å². The van der Waals surface area contributed by atoms with Crippen molar-refractivity contribution in [2.75, 3.05) is 13.7 Å². The van der Waals surface area contributed by atoms with E-state index in [0.717, 1.165) is 19.1 Å². The molecule has 1 saturated heterocycles. The van der Waals surface area contributed by atoms with Crippen LogP contribution in [0.4, 0.5) is 0 Å². The Morgan fingerprint density at radius 3 is 2.34 bits per heavy atom. The smallest absolute Gasteiger partial charge is 0.308 e. The Morgan fingerprint density at radius 2 is 1.68 bits per heavy atom. The van der Waals surface area contributed by atoms with Crippen molar-refractivity contribution in [2.45, 2.75) is 56.1 Å². The van der Waals surface area contributed by atoms with Gasteiger partial charge in [0.25, 0.3) is 0 Å². The molecule has 0 amide bonds. The number of fused-ring (bicyclic) bond motifs is 1. The van der Waals surface area contributed by atoms with E-state index in [0.29, 0.717) is 0 Å². The number of carboxylic acid groups (broad SMARTS) is 1. The summed E-state index contributed by atoms with van der Waals surface area (Å²) in [6.07, 6.45) is -10.5. The Labute approximate surface area is 247 Å². The Balaban J connectivity index is 1.61. The maximum absolute atomic E-state index is 13.3. The summed E-state index contributed by atoms with van der Waals surface area (Å²) < 4.78 is 26.8. The lowest BCUT2D eigenvalue weighted by atomic mass is 9.98. The van der Waals surface area contributed by atoms with Gasteiger partial charge >= 0.3 is 11.9 Å². The number of methoxy groups -OCH3 is 1. The molecule has 2 aromatic carbocycles. The van der Waals surface area contributed by atoms with Crippen LogP contribution in [-0.4, -0.2) is 103 Å². The summed E-state index contributed by atoms with van der Waals surface area (Å²) in [4.78, 5) is 36.3. The van der Waals surface area contributed by atoms with Gasteiger partial charge in [-0.25, -0.2) is 0 Å². The first-order chi connectivity index (χ1) is 20.6. The number of aliphatic hydroxyl groups excluding tert-OH is 3. The van der Waals surface area contributed by atoms with Gasteiger partial charge in [0.15, 0.2) is 17.3 Å². The molecule has 0 bridgehead atoms. The maximum Gasteiger partial charge on any atom is 0.308 e. The van der Waals surface area contributed by atoms with Crippen molar-refractivity contribution in [1.82, 2.24) is 0 Å². The molecule has 16 heteroatoms. The van der Waals surface area contributed by atoms with Gasteiger partial charge in [0.1, 0.15) is 53.5 Å². The molecule has 1 aliphatic heterocycles. The molecule has 2 heterocycles. The van der Waals surface area contributed by atoms with Gasteiger partial charge in [0.2, 0.25) is 17.5 Å². The molecule has 1 fully saturated rings. The number of phenols is 2. The van der Waals surface area contributed by atoms with Crippen LogP contribution in [0.1, 0.15) is 19.8 Å². The third-order valence-electron chi connectivity index (χ3n) is 6.74. The first-order valence-electron chi connectivity index (χ1n) is 13.0. The molecule has 1 unspecified atom stereocenters. The Morgan fingerprint density at radius 1 is 0.977 bits per heavy atom. The SMILES string of the molecule is COc1cc(-c2oc3cc(O)cc(O[C@H]4O[C@@H](COC(=O)CC(C)(O)CC(=O)O)[C@H](O)[C@@H](O)[C@@H]4O)c3c(=O)c2O)ccc1O.